The molecule has 1 aliphatic carbocycles. The summed E-state index contributed by atoms with van der Waals surface area (Å²) >= 11 is 0. The van der Waals surface area contributed by atoms with E-state index in [4.69, 9.17) is 0 Å². The number of hydrogen-bond donors (Lipinski definition) is 3. The summed E-state index contributed by atoms with van der Waals surface area (Å²) in [6, 6.07) is 1.95. The van der Waals surface area contributed by atoms with Crippen molar-refractivity contribution >= 4 is 0 Å². The van der Waals surface area contributed by atoms with Gasteiger partial charge in [0.2, 0.25) is 0 Å². The Hall–Kier alpha value is -0.870. The summed E-state index contributed by atoms with van der Waals surface area (Å²) in [5.41, 5.74) is 0.577. The Bertz CT molecular complexity index is 289. The zero-order valence-corrected chi connectivity index (χ0v) is 9.71. The third kappa shape index (κ3) is 3.32. The fourth-order valence-electron chi connectivity index (χ4n) is 2.38. The van der Waals surface area contributed by atoms with Gasteiger partial charge in [0.1, 0.15) is 0 Å². The first kappa shape index (κ1) is 11.6. The highest BCUT2D eigenvalue weighted by Crippen LogP contribution is 2.26. The van der Waals surface area contributed by atoms with Gasteiger partial charge in [-0.3, -0.25) is 5.10 Å². The summed E-state index contributed by atoms with van der Waals surface area (Å²) < 4.78 is 0. The smallest absolute Gasteiger partial charge is 0.0771 e. The lowest BCUT2D eigenvalue weighted by Crippen LogP contribution is -2.39. The van der Waals surface area contributed by atoms with Gasteiger partial charge in [0.05, 0.1) is 5.60 Å². The van der Waals surface area contributed by atoms with Crippen molar-refractivity contribution in [2.75, 3.05) is 6.54 Å². The van der Waals surface area contributed by atoms with E-state index in [1.165, 1.54) is 12.8 Å². The topological polar surface area (TPSA) is 60.9 Å². The molecule has 0 atom stereocenters. The number of aromatic amines is 1. The molecule has 0 aliphatic heterocycles. The van der Waals surface area contributed by atoms with Crippen LogP contribution in [0.1, 0.15) is 44.2 Å². The number of nitrogens with zero attached hydrogens (tertiary/aromatic N) is 1. The van der Waals surface area contributed by atoms with Crippen LogP contribution in [-0.4, -0.2) is 27.4 Å². The molecule has 0 amide bonds. The predicted octanol–water partition coefficient (Wildman–Crippen LogP) is 1.58. The standard InChI is InChI=1S/C12H21N3O/c16-12(6-3-1-2-4-7-12)10-13-9-11-5-8-14-15-11/h5,8,13,16H,1-4,6-7,9-10H2,(H,14,15). The van der Waals surface area contributed by atoms with Crippen LogP contribution in [0, 0.1) is 0 Å². The van der Waals surface area contributed by atoms with Gasteiger partial charge in [-0.2, -0.15) is 5.10 Å². The summed E-state index contributed by atoms with van der Waals surface area (Å²) in [5.74, 6) is 0. The number of aromatic nitrogens is 2. The van der Waals surface area contributed by atoms with Crippen molar-refractivity contribution in [3.05, 3.63) is 18.0 Å². The van der Waals surface area contributed by atoms with Crippen LogP contribution >= 0.6 is 0 Å². The summed E-state index contributed by atoms with van der Waals surface area (Å²) in [7, 11) is 0. The first-order valence-electron chi connectivity index (χ1n) is 6.20. The molecule has 4 nitrogen and oxygen atoms in total. The van der Waals surface area contributed by atoms with E-state index in [-0.39, 0.29) is 0 Å². The maximum absolute atomic E-state index is 10.4. The molecule has 0 radical (unpaired) electrons. The van der Waals surface area contributed by atoms with E-state index in [0.29, 0.717) is 6.54 Å². The van der Waals surface area contributed by atoms with Gasteiger partial charge in [0.15, 0.2) is 0 Å². The minimum Gasteiger partial charge on any atom is -0.389 e. The fraction of sp³-hybridized carbons (Fsp3) is 0.750. The average molecular weight is 223 g/mol. The van der Waals surface area contributed by atoms with Crippen molar-refractivity contribution < 1.29 is 5.11 Å². The van der Waals surface area contributed by atoms with Crippen molar-refractivity contribution in [2.24, 2.45) is 0 Å². The molecule has 0 unspecified atom stereocenters. The Morgan fingerprint density at radius 1 is 1.31 bits per heavy atom. The van der Waals surface area contributed by atoms with Gasteiger partial charge in [-0.1, -0.05) is 25.7 Å². The Balaban J connectivity index is 1.75. The first-order valence-corrected chi connectivity index (χ1v) is 6.20. The highest BCUT2D eigenvalue weighted by molar-refractivity contribution is 4.97. The Morgan fingerprint density at radius 3 is 2.69 bits per heavy atom. The van der Waals surface area contributed by atoms with E-state index in [2.05, 4.69) is 15.5 Å². The molecule has 90 valence electrons. The molecule has 4 heteroatoms. The Labute approximate surface area is 96.5 Å². The van der Waals surface area contributed by atoms with Crippen molar-refractivity contribution in [1.29, 1.82) is 0 Å². The van der Waals surface area contributed by atoms with Gasteiger partial charge in [-0.15, -0.1) is 0 Å². The van der Waals surface area contributed by atoms with Crippen LogP contribution in [0.15, 0.2) is 12.3 Å². The van der Waals surface area contributed by atoms with E-state index < -0.39 is 5.60 Å². The average Bonchev–Trinajstić information content (AvgIpc) is 2.68. The molecule has 1 saturated carbocycles. The maximum Gasteiger partial charge on any atom is 0.0771 e. The highest BCUT2D eigenvalue weighted by atomic mass is 16.3. The number of H-pyrrole nitrogens is 1. The van der Waals surface area contributed by atoms with E-state index in [0.717, 1.165) is 37.9 Å². The number of rotatable bonds is 4. The van der Waals surface area contributed by atoms with Gasteiger partial charge < -0.3 is 10.4 Å². The van der Waals surface area contributed by atoms with E-state index >= 15 is 0 Å². The SMILES string of the molecule is OC1(CNCc2ccn[nH]2)CCCCCC1. The van der Waals surface area contributed by atoms with Crippen molar-refractivity contribution in [1.82, 2.24) is 15.5 Å². The molecular formula is C12H21N3O. The summed E-state index contributed by atoms with van der Waals surface area (Å²) in [4.78, 5) is 0. The third-order valence-electron chi connectivity index (χ3n) is 3.36. The fourth-order valence-corrected chi connectivity index (χ4v) is 2.38. The molecule has 1 heterocycles. The number of nitrogens with one attached hydrogen (secondary N) is 2. The molecule has 0 spiro atoms. The zero-order valence-electron chi connectivity index (χ0n) is 9.71. The van der Waals surface area contributed by atoms with Crippen LogP contribution in [-0.2, 0) is 6.54 Å². The van der Waals surface area contributed by atoms with Crippen molar-refractivity contribution in [3.8, 4) is 0 Å². The van der Waals surface area contributed by atoms with E-state index in [1.807, 2.05) is 6.07 Å². The van der Waals surface area contributed by atoms with Crippen LogP contribution in [0.3, 0.4) is 0 Å². The molecular weight excluding hydrogens is 202 g/mol. The van der Waals surface area contributed by atoms with Gasteiger partial charge >= 0.3 is 0 Å². The van der Waals surface area contributed by atoms with Crippen LogP contribution in [0.4, 0.5) is 0 Å². The van der Waals surface area contributed by atoms with Crippen LogP contribution in [0.5, 0.6) is 0 Å². The van der Waals surface area contributed by atoms with Gasteiger partial charge in [-0.05, 0) is 18.9 Å². The molecule has 0 saturated heterocycles. The van der Waals surface area contributed by atoms with Gasteiger partial charge in [0.25, 0.3) is 0 Å². The van der Waals surface area contributed by atoms with E-state index in [9.17, 15) is 5.11 Å². The maximum atomic E-state index is 10.4. The number of hydrogen-bond acceptors (Lipinski definition) is 3. The minimum absolute atomic E-state index is 0.490. The second kappa shape index (κ2) is 5.46. The largest absolute Gasteiger partial charge is 0.389 e. The molecule has 1 aromatic rings. The lowest BCUT2D eigenvalue weighted by Gasteiger charge is -2.26. The van der Waals surface area contributed by atoms with Crippen molar-refractivity contribution in [3.63, 3.8) is 0 Å². The monoisotopic (exact) mass is 223 g/mol. The van der Waals surface area contributed by atoms with Crippen LogP contribution in [0.2, 0.25) is 0 Å². The Kier molecular flexibility index (Phi) is 3.96. The Morgan fingerprint density at radius 2 is 2.06 bits per heavy atom. The van der Waals surface area contributed by atoms with Gasteiger partial charge in [0, 0.05) is 25.0 Å². The first-order chi connectivity index (χ1) is 7.79. The summed E-state index contributed by atoms with van der Waals surface area (Å²) in [6.45, 7) is 1.44. The molecule has 1 aromatic heterocycles. The predicted molar refractivity (Wildman–Crippen MR) is 62.9 cm³/mol. The summed E-state index contributed by atoms with van der Waals surface area (Å²) in [6.07, 6.45) is 8.46. The highest BCUT2D eigenvalue weighted by Gasteiger charge is 2.27. The number of aliphatic hydroxyl groups is 1. The second-order valence-electron chi connectivity index (χ2n) is 4.82. The van der Waals surface area contributed by atoms with Crippen LogP contribution < -0.4 is 5.32 Å². The normalized spacial score (nSPS) is 20.6. The molecule has 1 aliphatic rings. The molecule has 1 fully saturated rings. The molecule has 16 heavy (non-hydrogen) atoms. The van der Waals surface area contributed by atoms with Crippen molar-refractivity contribution in [2.45, 2.75) is 50.7 Å². The molecule has 2 rings (SSSR count). The zero-order chi connectivity index (χ0) is 11.3. The molecule has 3 N–H and O–H groups in total. The van der Waals surface area contributed by atoms with E-state index in [1.54, 1.807) is 6.20 Å². The second-order valence-corrected chi connectivity index (χ2v) is 4.82. The van der Waals surface area contributed by atoms with Crippen LogP contribution in [0.25, 0.3) is 0 Å². The molecule has 0 aromatic carbocycles. The molecule has 0 bridgehead atoms. The summed E-state index contributed by atoms with van der Waals surface area (Å²) in [5, 5.41) is 20.5. The third-order valence-corrected chi connectivity index (χ3v) is 3.36. The lowest BCUT2D eigenvalue weighted by molar-refractivity contribution is 0.0250. The van der Waals surface area contributed by atoms with Gasteiger partial charge in [-0.25, -0.2) is 0 Å². The quantitative estimate of drug-likeness (QED) is 0.679. The lowest BCUT2D eigenvalue weighted by atomic mass is 9.94. The minimum atomic E-state index is -0.490.